The van der Waals surface area contributed by atoms with Crippen LogP contribution in [0.1, 0.15) is 39.5 Å². The number of hydrogen-bond acceptors (Lipinski definition) is 8. The van der Waals surface area contributed by atoms with Gasteiger partial charge in [-0.1, -0.05) is 13.8 Å². The van der Waals surface area contributed by atoms with Crippen molar-refractivity contribution in [2.24, 2.45) is 11.7 Å². The van der Waals surface area contributed by atoms with Crippen molar-refractivity contribution in [3.8, 4) is 0 Å². The Morgan fingerprint density at radius 1 is 0.750 bits per heavy atom. The number of rotatable bonds is 15. The van der Waals surface area contributed by atoms with Gasteiger partial charge < -0.3 is 37.0 Å². The van der Waals surface area contributed by atoms with Crippen LogP contribution in [0, 0.1) is 5.92 Å². The third-order valence-electron chi connectivity index (χ3n) is 4.38. The summed E-state index contributed by atoms with van der Waals surface area (Å²) in [5, 5.41) is 33.5. The van der Waals surface area contributed by atoms with E-state index in [9.17, 15) is 33.9 Å². The van der Waals surface area contributed by atoms with Crippen molar-refractivity contribution in [3.63, 3.8) is 0 Å². The Labute approximate surface area is 189 Å². The van der Waals surface area contributed by atoms with Gasteiger partial charge in [-0.2, -0.15) is 12.6 Å². The first kappa shape index (κ1) is 29.1. The summed E-state index contributed by atoms with van der Waals surface area (Å²) >= 11 is 3.99. The SMILES string of the molecule is CC(C)C(N)C(=O)NC(CS)C(=O)NC(CCC(=O)O)C(=O)NC(CCC(=O)O)C(=O)O. The third-order valence-corrected chi connectivity index (χ3v) is 4.74. The van der Waals surface area contributed by atoms with Crippen LogP contribution in [0.5, 0.6) is 0 Å². The maximum atomic E-state index is 12.6. The quantitative estimate of drug-likeness (QED) is 0.123. The van der Waals surface area contributed by atoms with E-state index in [0.29, 0.717) is 0 Å². The second-order valence-corrected chi connectivity index (χ2v) is 7.70. The van der Waals surface area contributed by atoms with Crippen LogP contribution in [0.3, 0.4) is 0 Å². The van der Waals surface area contributed by atoms with Crippen molar-refractivity contribution < 1.29 is 44.1 Å². The number of thiol groups is 1. The highest BCUT2D eigenvalue weighted by Gasteiger charge is 2.30. The third kappa shape index (κ3) is 10.9. The van der Waals surface area contributed by atoms with E-state index >= 15 is 0 Å². The Hall–Kier alpha value is -2.87. The first-order valence-electron chi connectivity index (χ1n) is 9.74. The molecular weight excluding hydrogens is 448 g/mol. The molecule has 0 aliphatic rings. The van der Waals surface area contributed by atoms with Crippen LogP contribution >= 0.6 is 12.6 Å². The largest absolute Gasteiger partial charge is 0.481 e. The van der Waals surface area contributed by atoms with Crippen LogP contribution in [0.25, 0.3) is 0 Å². The standard InChI is InChI=1S/C18H30N4O9S/c1-8(2)14(19)17(29)22-11(7-32)16(28)20-9(3-5-12(23)24)15(27)21-10(18(30)31)4-6-13(25)26/h8-11,14,32H,3-7,19H2,1-2H3,(H,20,28)(H,21,27)(H,22,29)(H,23,24)(H,25,26)(H,30,31). The average Bonchev–Trinajstić information content (AvgIpc) is 2.70. The monoisotopic (exact) mass is 478 g/mol. The molecule has 0 aliphatic heterocycles. The van der Waals surface area contributed by atoms with Crippen molar-refractivity contribution in [2.45, 2.75) is 63.7 Å². The molecule has 0 spiro atoms. The van der Waals surface area contributed by atoms with Gasteiger partial charge in [0, 0.05) is 18.6 Å². The van der Waals surface area contributed by atoms with E-state index < -0.39 is 79.1 Å². The summed E-state index contributed by atoms with van der Waals surface area (Å²) in [4.78, 5) is 70.1. The van der Waals surface area contributed by atoms with E-state index in [1.54, 1.807) is 13.8 Å². The molecule has 4 unspecified atom stereocenters. The van der Waals surface area contributed by atoms with Gasteiger partial charge in [-0.15, -0.1) is 0 Å². The maximum Gasteiger partial charge on any atom is 0.326 e. The van der Waals surface area contributed by atoms with Crippen LogP contribution in [-0.2, 0) is 28.8 Å². The number of nitrogens with two attached hydrogens (primary N) is 1. The topological polar surface area (TPSA) is 225 Å². The van der Waals surface area contributed by atoms with Crippen LogP contribution in [0.4, 0.5) is 0 Å². The number of carboxylic acid groups (broad SMARTS) is 3. The van der Waals surface area contributed by atoms with Crippen molar-refractivity contribution in [2.75, 3.05) is 5.75 Å². The highest BCUT2D eigenvalue weighted by molar-refractivity contribution is 7.80. The van der Waals surface area contributed by atoms with Crippen LogP contribution in [0.15, 0.2) is 0 Å². The van der Waals surface area contributed by atoms with Crippen molar-refractivity contribution in [3.05, 3.63) is 0 Å². The van der Waals surface area contributed by atoms with Gasteiger partial charge in [-0.25, -0.2) is 4.79 Å². The Kier molecular flexibility index (Phi) is 13.0. The normalized spacial score (nSPS) is 14.5. The average molecular weight is 479 g/mol. The fourth-order valence-corrected chi connectivity index (χ4v) is 2.63. The predicted molar refractivity (Wildman–Crippen MR) is 114 cm³/mol. The minimum atomic E-state index is -1.56. The number of aliphatic carboxylic acids is 3. The van der Waals surface area contributed by atoms with Gasteiger partial charge in [0.1, 0.15) is 18.1 Å². The van der Waals surface area contributed by atoms with Crippen LogP contribution in [-0.4, -0.2) is 80.9 Å². The highest BCUT2D eigenvalue weighted by Crippen LogP contribution is 2.05. The molecule has 4 atom stereocenters. The zero-order chi connectivity index (χ0) is 25.0. The fraction of sp³-hybridized carbons (Fsp3) is 0.667. The molecule has 0 rings (SSSR count). The van der Waals surface area contributed by atoms with E-state index in [0.717, 1.165) is 0 Å². The summed E-state index contributed by atoms with van der Waals surface area (Å²) < 4.78 is 0. The molecule has 32 heavy (non-hydrogen) atoms. The van der Waals surface area contributed by atoms with Crippen molar-refractivity contribution in [1.29, 1.82) is 0 Å². The van der Waals surface area contributed by atoms with Crippen molar-refractivity contribution >= 4 is 48.3 Å². The molecule has 8 N–H and O–H groups in total. The lowest BCUT2D eigenvalue weighted by molar-refractivity contribution is -0.144. The Bertz CT molecular complexity index is 717. The molecule has 14 heteroatoms. The number of nitrogens with one attached hydrogen (secondary N) is 3. The number of carbonyl (C=O) groups is 6. The van der Waals surface area contributed by atoms with Crippen molar-refractivity contribution in [1.82, 2.24) is 16.0 Å². The van der Waals surface area contributed by atoms with Gasteiger partial charge in [0.25, 0.3) is 0 Å². The van der Waals surface area contributed by atoms with Gasteiger partial charge in [-0.05, 0) is 18.8 Å². The molecule has 13 nitrogen and oxygen atoms in total. The van der Waals surface area contributed by atoms with Gasteiger partial charge in [0.15, 0.2) is 0 Å². The highest BCUT2D eigenvalue weighted by atomic mass is 32.1. The summed E-state index contributed by atoms with van der Waals surface area (Å²) in [6.45, 7) is 3.41. The number of carboxylic acids is 3. The Morgan fingerprint density at radius 2 is 1.16 bits per heavy atom. The second-order valence-electron chi connectivity index (χ2n) is 7.34. The lowest BCUT2D eigenvalue weighted by Crippen LogP contribution is -2.58. The van der Waals surface area contributed by atoms with E-state index in [-0.39, 0.29) is 18.1 Å². The molecule has 0 heterocycles. The van der Waals surface area contributed by atoms with E-state index in [1.807, 2.05) is 0 Å². The first-order chi connectivity index (χ1) is 14.8. The molecule has 0 aromatic heterocycles. The zero-order valence-corrected chi connectivity index (χ0v) is 18.6. The smallest absolute Gasteiger partial charge is 0.326 e. The minimum Gasteiger partial charge on any atom is -0.481 e. The van der Waals surface area contributed by atoms with Gasteiger partial charge in [0.2, 0.25) is 17.7 Å². The molecule has 0 aliphatic carbocycles. The molecule has 0 aromatic carbocycles. The number of carbonyl (C=O) groups excluding carboxylic acids is 3. The summed E-state index contributed by atoms with van der Waals surface area (Å²) in [5.41, 5.74) is 5.73. The second kappa shape index (κ2) is 14.2. The molecule has 0 radical (unpaired) electrons. The number of hydrogen-bond donors (Lipinski definition) is 8. The molecule has 182 valence electrons. The molecular formula is C18H30N4O9S. The Balaban J connectivity index is 5.37. The van der Waals surface area contributed by atoms with Gasteiger partial charge in [-0.3, -0.25) is 24.0 Å². The Morgan fingerprint density at radius 3 is 1.56 bits per heavy atom. The van der Waals surface area contributed by atoms with Gasteiger partial charge in [0.05, 0.1) is 6.04 Å². The number of amides is 3. The van der Waals surface area contributed by atoms with E-state index in [1.165, 1.54) is 0 Å². The molecule has 3 amide bonds. The first-order valence-corrected chi connectivity index (χ1v) is 10.4. The minimum absolute atomic E-state index is 0.161. The van der Waals surface area contributed by atoms with E-state index in [2.05, 4.69) is 28.6 Å². The van der Waals surface area contributed by atoms with Crippen LogP contribution < -0.4 is 21.7 Å². The lowest BCUT2D eigenvalue weighted by Gasteiger charge is -2.24. The molecule has 0 saturated carbocycles. The summed E-state index contributed by atoms with van der Waals surface area (Å²) in [6, 6.07) is -5.12. The summed E-state index contributed by atoms with van der Waals surface area (Å²) in [5.74, 6) is -6.90. The van der Waals surface area contributed by atoms with E-state index in [4.69, 9.17) is 15.9 Å². The summed E-state index contributed by atoms with van der Waals surface area (Å²) in [7, 11) is 0. The van der Waals surface area contributed by atoms with Gasteiger partial charge >= 0.3 is 17.9 Å². The fourth-order valence-electron chi connectivity index (χ4n) is 2.37. The molecule has 0 bridgehead atoms. The zero-order valence-electron chi connectivity index (χ0n) is 17.7. The van der Waals surface area contributed by atoms with Crippen LogP contribution in [0.2, 0.25) is 0 Å². The molecule has 0 aromatic rings. The molecule has 0 fully saturated rings. The predicted octanol–water partition coefficient (Wildman–Crippen LogP) is -1.83. The summed E-state index contributed by atoms with van der Waals surface area (Å²) in [6.07, 6.45) is -1.86. The molecule has 0 saturated heterocycles. The maximum absolute atomic E-state index is 12.6. The lowest BCUT2D eigenvalue weighted by atomic mass is 10.0.